The van der Waals surface area contributed by atoms with Gasteiger partial charge in [0.05, 0.1) is 0 Å². The highest BCUT2D eigenvalue weighted by molar-refractivity contribution is 8.00. The van der Waals surface area contributed by atoms with Gasteiger partial charge in [-0.15, -0.1) is 11.8 Å². The summed E-state index contributed by atoms with van der Waals surface area (Å²) in [6.45, 7) is 5.35. The number of hydrogen-bond acceptors (Lipinski definition) is 3. The molecule has 18 heavy (non-hydrogen) atoms. The van der Waals surface area contributed by atoms with Gasteiger partial charge in [-0.05, 0) is 49.9 Å². The fourth-order valence-electron chi connectivity index (χ4n) is 2.10. The van der Waals surface area contributed by atoms with Crippen LogP contribution in [0.1, 0.15) is 36.9 Å². The third kappa shape index (κ3) is 3.25. The standard InChI is InChI=1S/C14H20FNOS/c1-9-7-14(12(10(2)16)8-13(9)15)18-11-3-5-17-6-4-11/h7-8,10-11H,3-6,16H2,1-2H3/t10-/m1/s1. The lowest BCUT2D eigenvalue weighted by atomic mass is 10.1. The predicted octanol–water partition coefficient (Wildman–Crippen LogP) is 3.42. The molecule has 1 atom stereocenters. The first-order valence-electron chi connectivity index (χ1n) is 6.38. The fourth-order valence-corrected chi connectivity index (χ4v) is 3.51. The summed E-state index contributed by atoms with van der Waals surface area (Å²) in [5.74, 6) is -0.168. The number of halogens is 1. The van der Waals surface area contributed by atoms with Gasteiger partial charge in [0, 0.05) is 29.4 Å². The maximum absolute atomic E-state index is 13.6. The molecule has 0 spiro atoms. The Bertz CT molecular complexity index is 417. The van der Waals surface area contributed by atoms with Crippen LogP contribution in [0.15, 0.2) is 17.0 Å². The van der Waals surface area contributed by atoms with E-state index in [1.54, 1.807) is 13.0 Å². The number of thioether (sulfide) groups is 1. The molecule has 100 valence electrons. The van der Waals surface area contributed by atoms with Gasteiger partial charge in [-0.2, -0.15) is 0 Å². The zero-order valence-corrected chi connectivity index (χ0v) is 11.7. The van der Waals surface area contributed by atoms with Crippen LogP contribution < -0.4 is 5.73 Å². The van der Waals surface area contributed by atoms with E-state index >= 15 is 0 Å². The largest absolute Gasteiger partial charge is 0.381 e. The average molecular weight is 269 g/mol. The molecule has 1 aliphatic heterocycles. The molecule has 2 rings (SSSR count). The van der Waals surface area contributed by atoms with Crippen molar-refractivity contribution in [2.75, 3.05) is 13.2 Å². The molecule has 1 aromatic carbocycles. The predicted molar refractivity (Wildman–Crippen MR) is 73.4 cm³/mol. The highest BCUT2D eigenvalue weighted by Gasteiger charge is 2.18. The Labute approximate surface area is 112 Å². The molecule has 0 aliphatic carbocycles. The van der Waals surface area contributed by atoms with Crippen LogP contribution in [0.2, 0.25) is 0 Å². The number of ether oxygens (including phenoxy) is 1. The van der Waals surface area contributed by atoms with E-state index < -0.39 is 0 Å². The Morgan fingerprint density at radius 3 is 2.67 bits per heavy atom. The number of hydrogen-bond donors (Lipinski definition) is 1. The number of aryl methyl sites for hydroxylation is 1. The molecule has 1 aliphatic rings. The highest BCUT2D eigenvalue weighted by Crippen LogP contribution is 2.35. The maximum Gasteiger partial charge on any atom is 0.126 e. The first-order chi connectivity index (χ1) is 8.58. The van der Waals surface area contributed by atoms with Gasteiger partial charge in [-0.1, -0.05) is 0 Å². The van der Waals surface area contributed by atoms with Crippen LogP contribution in [0.25, 0.3) is 0 Å². The summed E-state index contributed by atoms with van der Waals surface area (Å²) >= 11 is 1.82. The third-order valence-corrected chi connectivity index (χ3v) is 4.66. The second kappa shape index (κ2) is 6.04. The zero-order valence-electron chi connectivity index (χ0n) is 10.9. The zero-order chi connectivity index (χ0) is 13.1. The summed E-state index contributed by atoms with van der Waals surface area (Å²) in [5, 5.41) is 0.557. The minimum atomic E-state index is -0.168. The monoisotopic (exact) mass is 269 g/mol. The lowest BCUT2D eigenvalue weighted by molar-refractivity contribution is 0.1000. The molecule has 0 saturated carbocycles. The van der Waals surface area contributed by atoms with Gasteiger partial charge in [0.25, 0.3) is 0 Å². The Morgan fingerprint density at radius 2 is 2.06 bits per heavy atom. The molecule has 0 bridgehead atoms. The Hall–Kier alpha value is -0.580. The van der Waals surface area contributed by atoms with Gasteiger partial charge in [-0.25, -0.2) is 4.39 Å². The summed E-state index contributed by atoms with van der Waals surface area (Å²) < 4.78 is 19.0. The van der Waals surface area contributed by atoms with Crippen molar-refractivity contribution in [2.24, 2.45) is 5.73 Å². The van der Waals surface area contributed by atoms with Gasteiger partial charge in [0.1, 0.15) is 5.82 Å². The first-order valence-corrected chi connectivity index (χ1v) is 7.26. The van der Waals surface area contributed by atoms with Crippen molar-refractivity contribution in [1.29, 1.82) is 0 Å². The summed E-state index contributed by atoms with van der Waals surface area (Å²) in [6, 6.07) is 3.37. The average Bonchev–Trinajstić information content (AvgIpc) is 2.34. The van der Waals surface area contributed by atoms with Gasteiger partial charge >= 0.3 is 0 Å². The Kier molecular flexibility index (Phi) is 4.65. The summed E-state index contributed by atoms with van der Waals surface area (Å²) in [4.78, 5) is 1.12. The van der Waals surface area contributed by atoms with Gasteiger partial charge in [0.15, 0.2) is 0 Å². The molecule has 0 unspecified atom stereocenters. The topological polar surface area (TPSA) is 35.2 Å². The van der Waals surface area contributed by atoms with E-state index in [-0.39, 0.29) is 11.9 Å². The molecule has 2 nitrogen and oxygen atoms in total. The third-order valence-electron chi connectivity index (χ3n) is 3.24. The van der Waals surface area contributed by atoms with Crippen molar-refractivity contribution in [3.63, 3.8) is 0 Å². The molecule has 2 N–H and O–H groups in total. The number of rotatable bonds is 3. The SMILES string of the molecule is Cc1cc(SC2CCOCC2)c([C@@H](C)N)cc1F. The van der Waals surface area contributed by atoms with E-state index in [1.807, 2.05) is 24.8 Å². The lowest BCUT2D eigenvalue weighted by Crippen LogP contribution is -2.18. The molecule has 1 saturated heterocycles. The molecular formula is C14H20FNOS. The van der Waals surface area contributed by atoms with Crippen molar-refractivity contribution >= 4 is 11.8 Å². The fraction of sp³-hybridized carbons (Fsp3) is 0.571. The van der Waals surface area contributed by atoms with Crippen LogP contribution in [0.3, 0.4) is 0 Å². The molecule has 1 heterocycles. The molecule has 1 fully saturated rings. The Morgan fingerprint density at radius 1 is 1.39 bits per heavy atom. The van der Waals surface area contributed by atoms with Crippen LogP contribution in [-0.4, -0.2) is 18.5 Å². The van der Waals surface area contributed by atoms with Crippen molar-refractivity contribution < 1.29 is 9.13 Å². The minimum absolute atomic E-state index is 0.137. The molecule has 1 aromatic rings. The van der Waals surface area contributed by atoms with E-state index in [9.17, 15) is 4.39 Å². The second-order valence-electron chi connectivity index (χ2n) is 4.86. The van der Waals surface area contributed by atoms with Gasteiger partial charge < -0.3 is 10.5 Å². The van der Waals surface area contributed by atoms with Crippen LogP contribution in [-0.2, 0) is 4.74 Å². The van der Waals surface area contributed by atoms with Crippen LogP contribution >= 0.6 is 11.8 Å². The summed E-state index contributed by atoms with van der Waals surface area (Å²) in [7, 11) is 0. The van der Waals surface area contributed by atoms with Gasteiger partial charge in [-0.3, -0.25) is 0 Å². The lowest BCUT2D eigenvalue weighted by Gasteiger charge is -2.23. The smallest absolute Gasteiger partial charge is 0.126 e. The molecular weight excluding hydrogens is 249 g/mol. The normalized spacial score (nSPS) is 18.9. The maximum atomic E-state index is 13.6. The van der Waals surface area contributed by atoms with E-state index in [0.717, 1.165) is 36.5 Å². The molecule has 4 heteroatoms. The van der Waals surface area contributed by atoms with Crippen molar-refractivity contribution in [3.05, 3.63) is 29.1 Å². The van der Waals surface area contributed by atoms with Crippen molar-refractivity contribution in [1.82, 2.24) is 0 Å². The number of nitrogens with two attached hydrogens (primary N) is 1. The quantitative estimate of drug-likeness (QED) is 0.913. The molecule has 0 amide bonds. The second-order valence-corrected chi connectivity index (χ2v) is 6.20. The van der Waals surface area contributed by atoms with Crippen molar-refractivity contribution in [3.8, 4) is 0 Å². The van der Waals surface area contributed by atoms with Crippen LogP contribution in [0.4, 0.5) is 4.39 Å². The van der Waals surface area contributed by atoms with Crippen LogP contribution in [0, 0.1) is 12.7 Å². The van der Waals surface area contributed by atoms with E-state index in [4.69, 9.17) is 10.5 Å². The molecule has 0 radical (unpaired) electrons. The van der Waals surface area contributed by atoms with Crippen LogP contribution in [0.5, 0.6) is 0 Å². The van der Waals surface area contributed by atoms with E-state index in [1.165, 1.54) is 0 Å². The van der Waals surface area contributed by atoms with Gasteiger partial charge in [0.2, 0.25) is 0 Å². The summed E-state index contributed by atoms with van der Waals surface area (Å²) in [5.41, 5.74) is 7.53. The highest BCUT2D eigenvalue weighted by atomic mass is 32.2. The first kappa shape index (κ1) is 13.8. The Balaban J connectivity index is 2.21. The minimum Gasteiger partial charge on any atom is -0.381 e. The van der Waals surface area contributed by atoms with E-state index in [2.05, 4.69) is 0 Å². The van der Waals surface area contributed by atoms with Crippen molar-refractivity contribution in [2.45, 2.75) is 42.9 Å². The number of benzene rings is 1. The van der Waals surface area contributed by atoms with E-state index in [0.29, 0.717) is 10.8 Å². The summed E-state index contributed by atoms with van der Waals surface area (Å²) in [6.07, 6.45) is 2.11. The molecule has 0 aromatic heterocycles.